The lowest BCUT2D eigenvalue weighted by molar-refractivity contribution is -0.118. The van der Waals surface area contributed by atoms with E-state index < -0.39 is 0 Å². The third-order valence-corrected chi connectivity index (χ3v) is 4.79. The fourth-order valence-electron chi connectivity index (χ4n) is 3.34. The highest BCUT2D eigenvalue weighted by atomic mass is 35.5. The highest BCUT2D eigenvalue weighted by Gasteiger charge is 2.36. The maximum absolute atomic E-state index is 12.6. The van der Waals surface area contributed by atoms with E-state index in [4.69, 9.17) is 5.73 Å². The van der Waals surface area contributed by atoms with Crippen molar-refractivity contribution in [3.8, 4) is 0 Å². The van der Waals surface area contributed by atoms with E-state index >= 15 is 0 Å². The van der Waals surface area contributed by atoms with E-state index in [1.165, 1.54) is 0 Å². The lowest BCUT2D eigenvalue weighted by atomic mass is 9.91. The van der Waals surface area contributed by atoms with Crippen LogP contribution in [-0.2, 0) is 4.79 Å². The summed E-state index contributed by atoms with van der Waals surface area (Å²) >= 11 is 0. The summed E-state index contributed by atoms with van der Waals surface area (Å²) in [4.78, 5) is 40.6. The topological polar surface area (TPSA) is 108 Å². The molecule has 0 aromatic carbocycles. The average molecular weight is 385 g/mol. The van der Waals surface area contributed by atoms with E-state index in [2.05, 4.69) is 24.1 Å². The van der Waals surface area contributed by atoms with Gasteiger partial charge in [0.25, 0.3) is 11.5 Å². The minimum atomic E-state index is -0.381. The van der Waals surface area contributed by atoms with E-state index in [1.807, 2.05) is 18.7 Å². The third-order valence-electron chi connectivity index (χ3n) is 4.79. The first-order valence-corrected chi connectivity index (χ1v) is 8.73. The molecule has 1 fully saturated rings. The predicted octanol–water partition coefficient (Wildman–Crippen LogP) is 1.09. The molecule has 146 valence electrons. The summed E-state index contributed by atoms with van der Waals surface area (Å²) in [6.45, 7) is 9.56. The minimum absolute atomic E-state index is 0. The van der Waals surface area contributed by atoms with Gasteiger partial charge in [0.2, 0.25) is 5.91 Å². The van der Waals surface area contributed by atoms with Crippen LogP contribution in [0.2, 0.25) is 0 Å². The number of nitrogens with two attached hydrogens (primary N) is 1. The van der Waals surface area contributed by atoms with Crippen LogP contribution in [0.5, 0.6) is 0 Å². The molecule has 2 amide bonds. The van der Waals surface area contributed by atoms with Gasteiger partial charge in [-0.2, -0.15) is 0 Å². The van der Waals surface area contributed by atoms with E-state index in [0.29, 0.717) is 19.0 Å². The second-order valence-corrected chi connectivity index (χ2v) is 7.46. The predicted molar refractivity (Wildman–Crippen MR) is 104 cm³/mol. The first-order chi connectivity index (χ1) is 11.7. The Labute approximate surface area is 160 Å². The van der Waals surface area contributed by atoms with Crippen LogP contribution >= 0.6 is 12.4 Å². The molecule has 0 saturated carbocycles. The van der Waals surface area contributed by atoms with Crippen molar-refractivity contribution in [1.29, 1.82) is 0 Å². The van der Waals surface area contributed by atoms with Gasteiger partial charge >= 0.3 is 0 Å². The van der Waals surface area contributed by atoms with Gasteiger partial charge < -0.3 is 16.0 Å². The minimum Gasteiger partial charge on any atom is -0.369 e. The molecule has 2 rings (SSSR count). The molecule has 7 nitrogen and oxygen atoms in total. The number of pyridine rings is 1. The van der Waals surface area contributed by atoms with Crippen molar-refractivity contribution in [1.82, 2.24) is 15.2 Å². The molecule has 1 aromatic rings. The number of nitrogens with one attached hydrogen (secondary N) is 2. The molecule has 1 saturated heterocycles. The van der Waals surface area contributed by atoms with Crippen LogP contribution in [0.1, 0.15) is 49.7 Å². The Morgan fingerprint density at radius 3 is 2.42 bits per heavy atom. The number of hydrogen-bond acceptors (Lipinski definition) is 4. The van der Waals surface area contributed by atoms with Crippen molar-refractivity contribution in [2.75, 3.05) is 19.6 Å². The maximum atomic E-state index is 12.6. The lowest BCUT2D eigenvalue weighted by Gasteiger charge is -2.23. The Morgan fingerprint density at radius 1 is 1.27 bits per heavy atom. The molecule has 1 aliphatic heterocycles. The Hall–Kier alpha value is -1.86. The summed E-state index contributed by atoms with van der Waals surface area (Å²) in [5.41, 5.74) is 5.81. The quantitative estimate of drug-likeness (QED) is 0.682. The third kappa shape index (κ3) is 5.32. The van der Waals surface area contributed by atoms with Gasteiger partial charge in [0.1, 0.15) is 5.56 Å². The zero-order valence-corrected chi connectivity index (χ0v) is 16.6. The molecular formula is C18H29ClN4O3. The summed E-state index contributed by atoms with van der Waals surface area (Å²) in [6, 6.07) is 3.23. The van der Waals surface area contributed by atoms with Gasteiger partial charge in [0, 0.05) is 24.8 Å². The standard InChI is InChI=1S/C18H28N4O3.ClH/c1-10(2)13-7-22(9-16(19)23)8-15(13)21-18(25)12-5-6-14(11(3)4)20-17(12)24;/h5-6,10-11,13,15H,7-9H2,1-4H3,(H2,19,23)(H,20,24)(H,21,25);1H/t13-,15+;/m1./s1. The molecule has 0 aliphatic carbocycles. The highest BCUT2D eigenvalue weighted by Crippen LogP contribution is 2.24. The van der Waals surface area contributed by atoms with Crippen molar-refractivity contribution >= 4 is 24.2 Å². The fraction of sp³-hybridized carbons (Fsp3) is 0.611. The molecule has 1 aromatic heterocycles. The van der Waals surface area contributed by atoms with Crippen LogP contribution in [0.3, 0.4) is 0 Å². The number of carbonyl (C=O) groups is 2. The van der Waals surface area contributed by atoms with Crippen LogP contribution in [-0.4, -0.2) is 47.4 Å². The number of nitrogens with zero attached hydrogens (tertiary/aromatic N) is 1. The van der Waals surface area contributed by atoms with Gasteiger partial charge in [-0.1, -0.05) is 27.7 Å². The largest absolute Gasteiger partial charge is 0.369 e. The molecule has 2 heterocycles. The van der Waals surface area contributed by atoms with Gasteiger partial charge in [-0.05, 0) is 29.9 Å². The lowest BCUT2D eigenvalue weighted by Crippen LogP contribution is -2.43. The Balaban J connectivity index is 0.00000338. The summed E-state index contributed by atoms with van der Waals surface area (Å²) in [7, 11) is 0. The second-order valence-electron chi connectivity index (χ2n) is 7.46. The van der Waals surface area contributed by atoms with Crippen LogP contribution in [0.25, 0.3) is 0 Å². The summed E-state index contributed by atoms with van der Waals surface area (Å²) in [5.74, 6) is -0.0299. The van der Waals surface area contributed by atoms with Gasteiger partial charge in [0.15, 0.2) is 0 Å². The normalized spacial score (nSPS) is 20.2. The molecule has 0 radical (unpaired) electrons. The van der Waals surface area contributed by atoms with Gasteiger partial charge in [-0.25, -0.2) is 0 Å². The SMILES string of the molecule is CC(C)c1ccc(C(=O)N[C@H]2CN(CC(N)=O)C[C@@H]2C(C)C)c(=O)[nH]1.Cl. The monoisotopic (exact) mass is 384 g/mol. The van der Waals surface area contributed by atoms with Crippen LogP contribution in [0.15, 0.2) is 16.9 Å². The molecular weight excluding hydrogens is 356 g/mol. The average Bonchev–Trinajstić information content (AvgIpc) is 2.88. The van der Waals surface area contributed by atoms with Crippen LogP contribution < -0.4 is 16.6 Å². The second kappa shape index (κ2) is 9.19. The van der Waals surface area contributed by atoms with Gasteiger partial charge in [-0.3, -0.25) is 19.3 Å². The first kappa shape index (κ1) is 22.2. The van der Waals surface area contributed by atoms with E-state index in [1.54, 1.807) is 12.1 Å². The summed E-state index contributed by atoms with van der Waals surface area (Å²) in [6.07, 6.45) is 0. The van der Waals surface area contributed by atoms with Crippen molar-refractivity contribution in [3.05, 3.63) is 33.7 Å². The Bertz CT molecular complexity index is 702. The van der Waals surface area contributed by atoms with Crippen molar-refractivity contribution in [2.45, 2.75) is 39.7 Å². The van der Waals surface area contributed by atoms with Gasteiger partial charge in [-0.15, -0.1) is 12.4 Å². The Morgan fingerprint density at radius 2 is 1.92 bits per heavy atom. The number of halogens is 1. The Kier molecular flexibility index (Phi) is 7.84. The number of H-pyrrole nitrogens is 1. The molecule has 0 spiro atoms. The maximum Gasteiger partial charge on any atom is 0.261 e. The number of carbonyl (C=O) groups excluding carboxylic acids is 2. The molecule has 1 aliphatic rings. The molecule has 8 heteroatoms. The number of amides is 2. The van der Waals surface area contributed by atoms with E-state index in [0.717, 1.165) is 5.69 Å². The smallest absolute Gasteiger partial charge is 0.261 e. The number of aromatic nitrogens is 1. The molecule has 2 atom stereocenters. The molecule has 26 heavy (non-hydrogen) atoms. The zero-order valence-electron chi connectivity index (χ0n) is 15.7. The summed E-state index contributed by atoms with van der Waals surface area (Å²) in [5, 5.41) is 2.97. The molecule has 0 unspecified atom stereocenters. The van der Waals surface area contributed by atoms with Crippen molar-refractivity contribution < 1.29 is 9.59 Å². The highest BCUT2D eigenvalue weighted by molar-refractivity contribution is 5.94. The number of rotatable bonds is 6. The molecule has 0 bridgehead atoms. The number of aromatic amines is 1. The van der Waals surface area contributed by atoms with E-state index in [9.17, 15) is 14.4 Å². The number of primary amides is 1. The van der Waals surface area contributed by atoms with Crippen LogP contribution in [0.4, 0.5) is 0 Å². The van der Waals surface area contributed by atoms with Crippen molar-refractivity contribution in [3.63, 3.8) is 0 Å². The van der Waals surface area contributed by atoms with Crippen LogP contribution in [0, 0.1) is 11.8 Å². The molecule has 4 N–H and O–H groups in total. The number of hydrogen-bond donors (Lipinski definition) is 3. The number of likely N-dealkylation sites (tertiary alicyclic amines) is 1. The van der Waals surface area contributed by atoms with Crippen molar-refractivity contribution in [2.24, 2.45) is 17.6 Å². The van der Waals surface area contributed by atoms with Gasteiger partial charge in [0.05, 0.1) is 6.54 Å². The summed E-state index contributed by atoms with van der Waals surface area (Å²) < 4.78 is 0. The first-order valence-electron chi connectivity index (χ1n) is 8.73. The van der Waals surface area contributed by atoms with E-state index in [-0.39, 0.29) is 59.8 Å². The fourth-order valence-corrected chi connectivity index (χ4v) is 3.34. The zero-order chi connectivity index (χ0) is 18.7.